The molecular weight excluding hydrogens is 307 g/mol. The third-order valence-corrected chi connectivity index (χ3v) is 6.16. The summed E-state index contributed by atoms with van der Waals surface area (Å²) >= 11 is 0. The van der Waals surface area contributed by atoms with Gasteiger partial charge in [-0.2, -0.15) is 4.31 Å². The van der Waals surface area contributed by atoms with Crippen molar-refractivity contribution < 1.29 is 17.5 Å². The van der Waals surface area contributed by atoms with Crippen molar-refractivity contribution in [3.63, 3.8) is 0 Å². The summed E-state index contributed by atoms with van der Waals surface area (Å²) in [6.45, 7) is 2.79. The zero-order valence-electron chi connectivity index (χ0n) is 12.6. The van der Waals surface area contributed by atoms with Gasteiger partial charge in [-0.3, -0.25) is 4.90 Å². The number of sulfonamides is 1. The highest BCUT2D eigenvalue weighted by molar-refractivity contribution is 7.88. The Kier molecular flexibility index (Phi) is 4.49. The van der Waals surface area contributed by atoms with Crippen molar-refractivity contribution in [3.05, 3.63) is 35.6 Å². The summed E-state index contributed by atoms with van der Waals surface area (Å²) in [5.41, 5.74) is 0.224. The first-order chi connectivity index (χ1) is 10.5. The van der Waals surface area contributed by atoms with Gasteiger partial charge < -0.3 is 4.74 Å². The van der Waals surface area contributed by atoms with E-state index in [0.717, 1.165) is 6.54 Å². The van der Waals surface area contributed by atoms with E-state index in [2.05, 4.69) is 4.90 Å². The number of halogens is 1. The van der Waals surface area contributed by atoms with Crippen LogP contribution < -0.4 is 0 Å². The molecule has 0 saturated carbocycles. The van der Waals surface area contributed by atoms with Crippen molar-refractivity contribution in [2.45, 2.75) is 11.8 Å². The molecular formula is C15H21FN2O3S. The normalized spacial score (nSPS) is 27.5. The van der Waals surface area contributed by atoms with Gasteiger partial charge in [-0.05, 0) is 13.1 Å². The summed E-state index contributed by atoms with van der Waals surface area (Å²) in [5, 5.41) is 0. The number of benzene rings is 1. The van der Waals surface area contributed by atoms with Gasteiger partial charge in [-0.1, -0.05) is 18.2 Å². The predicted molar refractivity (Wildman–Crippen MR) is 81.3 cm³/mol. The van der Waals surface area contributed by atoms with Crippen molar-refractivity contribution in [1.82, 2.24) is 9.21 Å². The van der Waals surface area contributed by atoms with Crippen molar-refractivity contribution in [2.75, 3.05) is 39.9 Å². The van der Waals surface area contributed by atoms with Crippen LogP contribution in [0.15, 0.2) is 24.3 Å². The first-order valence-corrected chi connectivity index (χ1v) is 9.06. The molecule has 0 radical (unpaired) electrons. The zero-order chi connectivity index (χ0) is 15.7. The van der Waals surface area contributed by atoms with Gasteiger partial charge in [-0.25, -0.2) is 12.8 Å². The van der Waals surface area contributed by atoms with E-state index in [9.17, 15) is 12.8 Å². The molecule has 2 fully saturated rings. The van der Waals surface area contributed by atoms with Crippen LogP contribution in [0.4, 0.5) is 4.39 Å². The Morgan fingerprint density at radius 1 is 1.23 bits per heavy atom. The van der Waals surface area contributed by atoms with Crippen LogP contribution in [0.2, 0.25) is 0 Å². The lowest BCUT2D eigenvalue weighted by Crippen LogP contribution is -2.45. The second-order valence-electron chi connectivity index (χ2n) is 6.16. The van der Waals surface area contributed by atoms with Crippen molar-refractivity contribution >= 4 is 10.0 Å². The van der Waals surface area contributed by atoms with Crippen LogP contribution in [0.25, 0.3) is 0 Å². The van der Waals surface area contributed by atoms with Crippen LogP contribution in [-0.4, -0.2) is 63.6 Å². The largest absolute Gasteiger partial charge is 0.379 e. The van der Waals surface area contributed by atoms with Crippen molar-refractivity contribution in [3.8, 4) is 0 Å². The second kappa shape index (κ2) is 6.23. The first kappa shape index (κ1) is 15.9. The molecule has 2 bridgehead atoms. The highest BCUT2D eigenvalue weighted by atomic mass is 32.2. The first-order valence-electron chi connectivity index (χ1n) is 7.45. The summed E-state index contributed by atoms with van der Waals surface area (Å²) in [5.74, 6) is -0.599. The molecule has 0 aromatic heterocycles. The lowest BCUT2D eigenvalue weighted by atomic mass is 10.1. The number of rotatable bonds is 3. The van der Waals surface area contributed by atoms with Crippen molar-refractivity contribution in [1.29, 1.82) is 0 Å². The predicted octanol–water partition coefficient (Wildman–Crippen LogP) is 0.918. The second-order valence-corrected chi connectivity index (χ2v) is 8.13. The summed E-state index contributed by atoms with van der Waals surface area (Å²) in [6, 6.07) is 6.11. The van der Waals surface area contributed by atoms with Gasteiger partial charge in [0, 0.05) is 37.2 Å². The standard InChI is InChI=1S/C15H21FN2O3S/c1-17-6-12-7-18(8-14(17)10-21-9-12)22(19,20)11-13-4-2-3-5-15(13)16/h2-5,12,14H,6-11H2,1H3/t12-,14+/m1/s1. The Morgan fingerprint density at radius 3 is 2.77 bits per heavy atom. The molecule has 0 spiro atoms. The molecule has 7 heteroatoms. The van der Waals surface area contributed by atoms with Gasteiger partial charge in [0.15, 0.2) is 0 Å². The molecule has 0 unspecified atom stereocenters. The van der Waals surface area contributed by atoms with E-state index in [1.807, 2.05) is 7.05 Å². The van der Waals surface area contributed by atoms with Gasteiger partial charge in [-0.15, -0.1) is 0 Å². The molecule has 0 aliphatic carbocycles. The van der Waals surface area contributed by atoms with E-state index in [4.69, 9.17) is 4.74 Å². The molecule has 2 aliphatic rings. The average Bonchev–Trinajstić information content (AvgIpc) is 2.70. The number of hydrogen-bond acceptors (Lipinski definition) is 4. The van der Waals surface area contributed by atoms with Crippen LogP contribution in [0.3, 0.4) is 0 Å². The highest BCUT2D eigenvalue weighted by Crippen LogP contribution is 2.22. The maximum Gasteiger partial charge on any atom is 0.218 e. The van der Waals surface area contributed by atoms with E-state index in [1.165, 1.54) is 16.4 Å². The molecule has 0 N–H and O–H groups in total. The van der Waals surface area contributed by atoms with Gasteiger partial charge in [0.1, 0.15) is 5.82 Å². The molecule has 0 amide bonds. The summed E-state index contributed by atoms with van der Waals surface area (Å²) in [4.78, 5) is 2.16. The van der Waals surface area contributed by atoms with E-state index in [-0.39, 0.29) is 23.3 Å². The number of likely N-dealkylation sites (N-methyl/N-ethyl adjacent to an activating group) is 1. The fraction of sp³-hybridized carbons (Fsp3) is 0.600. The zero-order valence-corrected chi connectivity index (χ0v) is 13.4. The monoisotopic (exact) mass is 328 g/mol. The molecule has 5 nitrogen and oxygen atoms in total. The molecule has 2 heterocycles. The van der Waals surface area contributed by atoms with Gasteiger partial charge in [0.2, 0.25) is 10.0 Å². The van der Waals surface area contributed by atoms with Gasteiger partial charge in [0.05, 0.1) is 19.0 Å². The Balaban J connectivity index is 1.81. The Morgan fingerprint density at radius 2 is 2.00 bits per heavy atom. The number of nitrogens with zero attached hydrogens (tertiary/aromatic N) is 2. The van der Waals surface area contributed by atoms with E-state index >= 15 is 0 Å². The molecule has 1 aromatic rings. The van der Waals surface area contributed by atoms with Crippen LogP contribution >= 0.6 is 0 Å². The molecule has 2 aliphatic heterocycles. The highest BCUT2D eigenvalue weighted by Gasteiger charge is 2.36. The maximum absolute atomic E-state index is 13.7. The Labute approximate surface area is 130 Å². The van der Waals surface area contributed by atoms with Gasteiger partial charge >= 0.3 is 0 Å². The quantitative estimate of drug-likeness (QED) is 0.828. The fourth-order valence-corrected chi connectivity index (χ4v) is 4.78. The topological polar surface area (TPSA) is 49.9 Å². The molecule has 22 heavy (non-hydrogen) atoms. The number of ether oxygens (including phenoxy) is 1. The minimum Gasteiger partial charge on any atom is -0.379 e. The van der Waals surface area contributed by atoms with E-state index in [1.54, 1.807) is 12.1 Å². The van der Waals surface area contributed by atoms with Crippen LogP contribution in [0.1, 0.15) is 5.56 Å². The van der Waals surface area contributed by atoms with E-state index in [0.29, 0.717) is 26.3 Å². The minimum atomic E-state index is -3.54. The molecule has 2 saturated heterocycles. The molecule has 122 valence electrons. The Hall–Kier alpha value is -1.02. The maximum atomic E-state index is 13.7. The third-order valence-electron chi connectivity index (χ3n) is 4.40. The number of fused-ring (bicyclic) bond motifs is 3. The molecule has 2 atom stereocenters. The fourth-order valence-electron chi connectivity index (χ4n) is 3.14. The average molecular weight is 328 g/mol. The van der Waals surface area contributed by atoms with Crippen LogP contribution in [-0.2, 0) is 20.5 Å². The lowest BCUT2D eigenvalue weighted by molar-refractivity contribution is 0.0727. The van der Waals surface area contributed by atoms with E-state index < -0.39 is 15.8 Å². The van der Waals surface area contributed by atoms with Crippen LogP contribution in [0, 0.1) is 11.7 Å². The SMILES string of the molecule is CN1C[C@H]2COC[C@@H]1CN(S(=O)(=O)Cc1ccccc1F)C2. The summed E-state index contributed by atoms with van der Waals surface area (Å²) < 4.78 is 46.3. The molecule has 1 aromatic carbocycles. The third kappa shape index (κ3) is 3.32. The smallest absolute Gasteiger partial charge is 0.218 e. The lowest BCUT2D eigenvalue weighted by Gasteiger charge is -2.29. The van der Waals surface area contributed by atoms with Crippen molar-refractivity contribution in [2.24, 2.45) is 5.92 Å². The Bertz CT molecular complexity index is 637. The minimum absolute atomic E-state index is 0.0582. The summed E-state index contributed by atoms with van der Waals surface area (Å²) in [6.07, 6.45) is 0. The number of hydrogen-bond donors (Lipinski definition) is 0. The summed E-state index contributed by atoms with van der Waals surface area (Å²) in [7, 11) is -1.54. The van der Waals surface area contributed by atoms with Crippen LogP contribution in [0.5, 0.6) is 0 Å². The van der Waals surface area contributed by atoms with Gasteiger partial charge in [0.25, 0.3) is 0 Å². The molecule has 3 rings (SSSR count).